The lowest BCUT2D eigenvalue weighted by atomic mass is 10.1. The molecule has 0 saturated carbocycles. The van der Waals surface area contributed by atoms with Crippen LogP contribution in [0.15, 0.2) is 46.9 Å². The first-order chi connectivity index (χ1) is 11.0. The summed E-state index contributed by atoms with van der Waals surface area (Å²) in [7, 11) is 1.59. The number of amides is 1. The van der Waals surface area contributed by atoms with Gasteiger partial charge in [0, 0.05) is 16.1 Å². The van der Waals surface area contributed by atoms with E-state index in [9.17, 15) is 4.79 Å². The smallest absolute Gasteiger partial charge is 0.241 e. The van der Waals surface area contributed by atoms with Gasteiger partial charge >= 0.3 is 0 Å². The Morgan fingerprint density at radius 2 is 2.00 bits per heavy atom. The highest BCUT2D eigenvalue weighted by Gasteiger charge is 2.07. The van der Waals surface area contributed by atoms with Crippen LogP contribution in [0.4, 0.5) is 0 Å². The number of halogens is 2. The second kappa shape index (κ2) is 8.04. The van der Waals surface area contributed by atoms with Crippen molar-refractivity contribution in [3.05, 3.63) is 63.1 Å². The van der Waals surface area contributed by atoms with Crippen LogP contribution in [0.2, 0.25) is 5.02 Å². The summed E-state index contributed by atoms with van der Waals surface area (Å²) in [4.78, 5) is 10.8. The first kappa shape index (κ1) is 17.4. The van der Waals surface area contributed by atoms with Crippen molar-refractivity contribution < 1.29 is 14.3 Å². The van der Waals surface area contributed by atoms with E-state index in [1.807, 2.05) is 24.3 Å². The molecule has 0 unspecified atom stereocenters. The van der Waals surface area contributed by atoms with Crippen LogP contribution in [-0.2, 0) is 11.4 Å². The molecule has 2 N–H and O–H groups in total. The molecule has 0 saturated heterocycles. The highest BCUT2D eigenvalue weighted by Crippen LogP contribution is 2.29. The van der Waals surface area contributed by atoms with Crippen LogP contribution in [0, 0.1) is 0 Å². The van der Waals surface area contributed by atoms with Crippen molar-refractivity contribution in [1.82, 2.24) is 0 Å². The molecule has 0 atom stereocenters. The van der Waals surface area contributed by atoms with Gasteiger partial charge in [-0.05, 0) is 42.0 Å². The predicted molar refractivity (Wildman–Crippen MR) is 94.7 cm³/mol. The second-order valence-electron chi connectivity index (χ2n) is 4.67. The predicted octanol–water partition coefficient (Wildman–Crippen LogP) is 4.19. The van der Waals surface area contributed by atoms with Gasteiger partial charge in [-0.1, -0.05) is 33.6 Å². The third-order valence-corrected chi connectivity index (χ3v) is 3.81. The molecule has 0 heterocycles. The van der Waals surface area contributed by atoms with E-state index in [4.69, 9.17) is 26.8 Å². The molecule has 2 aromatic carbocycles. The monoisotopic (exact) mass is 395 g/mol. The standard InChI is InChI=1S/C17H15BrClNO3/c1-22-15-5-2-11(3-7-17(20)21)8-12(15)10-23-16-6-4-13(18)9-14(16)19/h2-9H,10H2,1H3,(H2,20,21)/b7-3-. The van der Waals surface area contributed by atoms with Crippen LogP contribution in [-0.4, -0.2) is 13.0 Å². The molecule has 4 nitrogen and oxygen atoms in total. The van der Waals surface area contributed by atoms with Crippen molar-refractivity contribution in [3.63, 3.8) is 0 Å². The van der Waals surface area contributed by atoms with E-state index in [1.165, 1.54) is 6.08 Å². The molecule has 23 heavy (non-hydrogen) atoms. The minimum Gasteiger partial charge on any atom is -0.496 e. The van der Waals surface area contributed by atoms with E-state index in [1.54, 1.807) is 25.3 Å². The largest absolute Gasteiger partial charge is 0.496 e. The Bertz CT molecular complexity index is 747. The van der Waals surface area contributed by atoms with E-state index in [0.717, 1.165) is 15.6 Å². The summed E-state index contributed by atoms with van der Waals surface area (Å²) in [5.74, 6) is 0.768. The Labute approximate surface area is 148 Å². The normalized spacial score (nSPS) is 10.7. The summed E-state index contributed by atoms with van der Waals surface area (Å²) in [6.07, 6.45) is 2.94. The first-order valence-electron chi connectivity index (χ1n) is 6.72. The van der Waals surface area contributed by atoms with Gasteiger partial charge in [-0.25, -0.2) is 0 Å². The maximum atomic E-state index is 10.8. The van der Waals surface area contributed by atoms with Crippen molar-refractivity contribution in [3.8, 4) is 11.5 Å². The minimum atomic E-state index is -0.500. The molecule has 0 spiro atoms. The van der Waals surface area contributed by atoms with Crippen molar-refractivity contribution in [2.24, 2.45) is 5.73 Å². The number of benzene rings is 2. The summed E-state index contributed by atoms with van der Waals surface area (Å²) in [6.45, 7) is 0.281. The van der Waals surface area contributed by atoms with Crippen molar-refractivity contribution in [2.45, 2.75) is 6.61 Å². The molecule has 0 bridgehead atoms. The lowest BCUT2D eigenvalue weighted by Crippen LogP contribution is -2.05. The lowest BCUT2D eigenvalue weighted by molar-refractivity contribution is -0.113. The van der Waals surface area contributed by atoms with E-state index >= 15 is 0 Å². The number of rotatable bonds is 6. The number of carbonyl (C=O) groups is 1. The molecular formula is C17H15BrClNO3. The zero-order valence-electron chi connectivity index (χ0n) is 12.4. The Kier molecular flexibility index (Phi) is 6.07. The minimum absolute atomic E-state index is 0.281. The van der Waals surface area contributed by atoms with E-state index in [-0.39, 0.29) is 6.61 Å². The molecule has 0 aliphatic carbocycles. The van der Waals surface area contributed by atoms with Gasteiger partial charge in [-0.15, -0.1) is 0 Å². The van der Waals surface area contributed by atoms with Crippen LogP contribution < -0.4 is 15.2 Å². The van der Waals surface area contributed by atoms with Crippen LogP contribution in [0.1, 0.15) is 11.1 Å². The van der Waals surface area contributed by atoms with Gasteiger partial charge in [0.15, 0.2) is 0 Å². The van der Waals surface area contributed by atoms with Crippen molar-refractivity contribution in [1.29, 1.82) is 0 Å². The van der Waals surface area contributed by atoms with Crippen LogP contribution >= 0.6 is 27.5 Å². The number of primary amides is 1. The SMILES string of the molecule is COc1ccc(/C=C\C(N)=O)cc1COc1ccc(Br)cc1Cl. The Morgan fingerprint density at radius 1 is 1.26 bits per heavy atom. The molecule has 6 heteroatoms. The molecule has 2 rings (SSSR count). The topological polar surface area (TPSA) is 61.5 Å². The number of methoxy groups -OCH3 is 1. The van der Waals surface area contributed by atoms with Gasteiger partial charge in [0.25, 0.3) is 0 Å². The zero-order valence-corrected chi connectivity index (χ0v) is 14.7. The molecule has 0 fully saturated rings. The molecule has 0 aliphatic heterocycles. The van der Waals surface area contributed by atoms with Crippen LogP contribution in [0.3, 0.4) is 0 Å². The van der Waals surface area contributed by atoms with E-state index in [0.29, 0.717) is 16.5 Å². The Hall–Kier alpha value is -1.98. The van der Waals surface area contributed by atoms with E-state index < -0.39 is 5.91 Å². The third kappa shape index (κ3) is 5.01. The van der Waals surface area contributed by atoms with Gasteiger partial charge in [0.2, 0.25) is 5.91 Å². The summed E-state index contributed by atoms with van der Waals surface area (Å²) >= 11 is 9.48. The maximum Gasteiger partial charge on any atom is 0.241 e. The van der Waals surface area contributed by atoms with Gasteiger partial charge in [0.05, 0.1) is 12.1 Å². The fourth-order valence-electron chi connectivity index (χ4n) is 1.94. The van der Waals surface area contributed by atoms with Crippen LogP contribution in [0.5, 0.6) is 11.5 Å². The molecule has 2 aromatic rings. The number of ether oxygens (including phenoxy) is 2. The number of hydrogen-bond acceptors (Lipinski definition) is 3. The highest BCUT2D eigenvalue weighted by atomic mass is 79.9. The van der Waals surface area contributed by atoms with Gasteiger partial charge < -0.3 is 15.2 Å². The van der Waals surface area contributed by atoms with Gasteiger partial charge in [0.1, 0.15) is 18.1 Å². The number of hydrogen-bond donors (Lipinski definition) is 1. The lowest BCUT2D eigenvalue weighted by Gasteiger charge is -2.12. The van der Waals surface area contributed by atoms with Gasteiger partial charge in [-0.3, -0.25) is 4.79 Å². The van der Waals surface area contributed by atoms with E-state index in [2.05, 4.69) is 15.9 Å². The summed E-state index contributed by atoms with van der Waals surface area (Å²) in [6, 6.07) is 10.9. The fraction of sp³-hybridized carbons (Fsp3) is 0.118. The number of carbonyl (C=O) groups excluding carboxylic acids is 1. The fourth-order valence-corrected chi connectivity index (χ4v) is 2.67. The third-order valence-electron chi connectivity index (χ3n) is 3.02. The Morgan fingerprint density at radius 3 is 2.65 bits per heavy atom. The van der Waals surface area contributed by atoms with Gasteiger partial charge in [-0.2, -0.15) is 0 Å². The molecular weight excluding hydrogens is 382 g/mol. The van der Waals surface area contributed by atoms with Crippen LogP contribution in [0.25, 0.3) is 6.08 Å². The summed E-state index contributed by atoms with van der Waals surface area (Å²) < 4.78 is 12.0. The second-order valence-corrected chi connectivity index (χ2v) is 5.99. The Balaban J connectivity index is 2.20. The molecule has 0 aromatic heterocycles. The average Bonchev–Trinajstić information content (AvgIpc) is 2.52. The summed E-state index contributed by atoms with van der Waals surface area (Å²) in [5, 5.41) is 0.517. The highest BCUT2D eigenvalue weighted by molar-refractivity contribution is 9.10. The molecule has 0 radical (unpaired) electrons. The molecule has 1 amide bonds. The zero-order chi connectivity index (χ0) is 16.8. The molecule has 120 valence electrons. The average molecular weight is 397 g/mol. The first-order valence-corrected chi connectivity index (χ1v) is 7.89. The summed E-state index contributed by atoms with van der Waals surface area (Å²) in [5.41, 5.74) is 6.76. The maximum absolute atomic E-state index is 10.8. The van der Waals surface area contributed by atoms with Crippen molar-refractivity contribution >= 4 is 39.5 Å². The quantitative estimate of drug-likeness (QED) is 0.745. The van der Waals surface area contributed by atoms with Crippen molar-refractivity contribution in [2.75, 3.05) is 7.11 Å². The molecule has 0 aliphatic rings. The number of nitrogens with two attached hydrogens (primary N) is 1.